The number of hydrogen-bond acceptors (Lipinski definition) is 28. The average Bonchev–Trinajstić information content (AvgIpc) is 1.60. The Morgan fingerprint density at radius 1 is 0.434 bits per heavy atom. The first-order valence-corrected chi connectivity index (χ1v) is 39.3. The molecule has 4 atom stereocenters. The van der Waals surface area contributed by atoms with Crippen LogP contribution in [0.2, 0.25) is 0 Å². The van der Waals surface area contributed by atoms with Gasteiger partial charge in [0.05, 0.1) is 66.2 Å². The van der Waals surface area contributed by atoms with Gasteiger partial charge in [-0.25, -0.2) is 78.8 Å². The second-order valence-electron chi connectivity index (χ2n) is 31.0. The molecule has 0 radical (unpaired) electrons. The predicted molar refractivity (Wildman–Crippen MR) is 451 cm³/mol. The van der Waals surface area contributed by atoms with Crippen LogP contribution in [0.1, 0.15) is 97.8 Å². The number of ether oxygens (including phenoxy) is 5. The Morgan fingerprint density at radius 3 is 1.18 bits per heavy atom. The van der Waals surface area contributed by atoms with Gasteiger partial charge in [0.1, 0.15) is 81.9 Å². The number of carbonyl (C=O) groups is 4. The molecule has 4 fully saturated rings. The lowest BCUT2D eigenvalue weighted by atomic mass is 10.2. The highest BCUT2D eigenvalue weighted by molar-refractivity contribution is 6.02. The summed E-state index contributed by atoms with van der Waals surface area (Å²) in [6.45, 7) is 16.8. The predicted octanol–water partition coefficient (Wildman–Crippen LogP) is 8.53. The lowest BCUT2D eigenvalue weighted by Gasteiger charge is -2.26. The molecule has 122 heavy (non-hydrogen) atoms. The molecule has 38 nitrogen and oxygen atoms in total. The highest BCUT2D eigenvalue weighted by Gasteiger charge is 2.42. The van der Waals surface area contributed by atoms with E-state index in [4.69, 9.17) is 46.6 Å². The number of rotatable bonds is 13. The van der Waals surface area contributed by atoms with Gasteiger partial charge in [-0.05, 0) is 141 Å². The van der Waals surface area contributed by atoms with Crippen LogP contribution < -0.4 is 64.4 Å². The molecular formula is C84H88N26O12. The molecule has 5 aliphatic heterocycles. The van der Waals surface area contributed by atoms with Crippen LogP contribution in [0.15, 0.2) is 186 Å². The summed E-state index contributed by atoms with van der Waals surface area (Å²) in [5, 5.41) is 3.28. The van der Waals surface area contributed by atoms with Gasteiger partial charge < -0.3 is 66.6 Å². The first-order valence-electron chi connectivity index (χ1n) is 39.3. The molecule has 3 aromatic carbocycles. The molecule has 0 saturated carbocycles. The number of imidazole rings is 3. The third kappa shape index (κ3) is 17.5. The van der Waals surface area contributed by atoms with Gasteiger partial charge in [-0.3, -0.25) is 41.9 Å². The van der Waals surface area contributed by atoms with Gasteiger partial charge in [-0.1, -0.05) is 60.5 Å². The van der Waals surface area contributed by atoms with Crippen molar-refractivity contribution in [3.8, 4) is 63.8 Å². The van der Waals surface area contributed by atoms with Crippen LogP contribution in [0, 0.1) is 11.8 Å². The van der Waals surface area contributed by atoms with E-state index >= 15 is 0 Å². The van der Waals surface area contributed by atoms with Crippen LogP contribution in [0.4, 0.5) is 38.7 Å². The fraction of sp³-hybridized carbons (Fsp3) is 0.310. The van der Waals surface area contributed by atoms with E-state index in [-0.39, 0.29) is 83.0 Å². The van der Waals surface area contributed by atoms with Crippen molar-refractivity contribution in [3.05, 3.63) is 208 Å². The molecule has 0 spiro atoms. The second kappa shape index (κ2) is 34.8. The number of pyridine rings is 3. The SMILES string of the molecule is CC#CC(=O)N1CC[C@@H](n2c(=O)n(-c3ccc(Oc4ccccc4)nc3)c3c(N)ncnc32)C1.CC(C)(C)OC(=O)N1CC[C@@H](N2C(=O)Cc3c(N)ncnc32)C1.CC(C)(C)OC(=O)N1CC[C@@H](n2c(=O)n(-c3ccc(Oc4ccccc4)nc3)c3c(N)ncnc32)C1.Nc1ncnc2c1n(-c1ccc(Oc3ccccc3)nc1)c(=O)n2[C@@H]1CCNC1. The van der Waals surface area contributed by atoms with Crippen molar-refractivity contribution < 1.29 is 42.9 Å². The molecule has 626 valence electrons. The Balaban J connectivity index is 0.000000128. The highest BCUT2D eigenvalue weighted by Crippen LogP contribution is 2.36. The van der Waals surface area contributed by atoms with E-state index in [0.717, 1.165) is 13.0 Å². The van der Waals surface area contributed by atoms with Crippen molar-refractivity contribution >= 4 is 86.6 Å². The van der Waals surface area contributed by atoms with Gasteiger partial charge >= 0.3 is 29.3 Å². The minimum absolute atomic E-state index is 0.0224. The van der Waals surface area contributed by atoms with Crippen LogP contribution in [0.25, 0.3) is 50.6 Å². The Kier molecular flexibility index (Phi) is 23.4. The van der Waals surface area contributed by atoms with Crippen LogP contribution in [0.3, 0.4) is 0 Å². The van der Waals surface area contributed by atoms with Crippen molar-refractivity contribution in [1.29, 1.82) is 0 Å². The summed E-state index contributed by atoms with van der Waals surface area (Å²) in [6, 6.07) is 37.6. The van der Waals surface area contributed by atoms with Gasteiger partial charge in [0, 0.05) is 69.6 Å². The molecular weight excluding hydrogens is 1570 g/mol. The zero-order valence-electron chi connectivity index (χ0n) is 67.8. The first-order chi connectivity index (χ1) is 58.8. The van der Waals surface area contributed by atoms with E-state index in [9.17, 15) is 33.6 Å². The number of nitrogens with one attached hydrogen (secondary N) is 1. The summed E-state index contributed by atoms with van der Waals surface area (Å²) in [5.74, 6) is 9.57. The molecule has 18 rings (SSSR count). The minimum atomic E-state index is -0.604. The van der Waals surface area contributed by atoms with Gasteiger partial charge in [-0.2, -0.15) is 0 Å². The molecule has 0 bridgehead atoms. The molecule has 4 saturated heterocycles. The van der Waals surface area contributed by atoms with Crippen molar-refractivity contribution in [2.45, 2.75) is 116 Å². The smallest absolute Gasteiger partial charge is 0.410 e. The van der Waals surface area contributed by atoms with E-state index in [0.29, 0.717) is 168 Å². The molecule has 0 unspecified atom stereocenters. The summed E-state index contributed by atoms with van der Waals surface area (Å²) in [7, 11) is 0. The number of amides is 4. The zero-order valence-corrected chi connectivity index (χ0v) is 67.8. The summed E-state index contributed by atoms with van der Waals surface area (Å²) in [4.78, 5) is 143. The zero-order chi connectivity index (χ0) is 85.7. The monoisotopic (exact) mass is 1650 g/mol. The number of nitrogens with two attached hydrogens (primary N) is 4. The summed E-state index contributed by atoms with van der Waals surface area (Å²) < 4.78 is 37.4. The van der Waals surface area contributed by atoms with Crippen molar-refractivity contribution in [2.75, 3.05) is 80.2 Å². The molecule has 4 amide bonds. The van der Waals surface area contributed by atoms with Crippen molar-refractivity contribution in [1.82, 2.24) is 102 Å². The number of hydrogen-bond donors (Lipinski definition) is 5. The normalized spacial score (nSPS) is 16.7. The van der Waals surface area contributed by atoms with Crippen LogP contribution in [0.5, 0.6) is 34.9 Å². The molecule has 15 heterocycles. The number of para-hydroxylation sites is 3. The molecule has 38 heteroatoms. The standard InChI is InChI=1S/C25H27N7O4.C24H21N7O3.C20H19N7O2.C15H21N5O3/c1-25(2,3)36-24(34)30-12-11-17(14-30)32-22-20(21(26)28-15-29-22)31(23(32)33)16-9-10-19(27-13-16)35-18-7-5-4-6-8-18;1-2-6-20(32)29-12-11-17(14-29)31-23-21(22(25)27-15-28-23)30(24(31)33)16-9-10-19(26-13-16)34-18-7-4-3-5-8-18;21-18-17-19(25-12-24-18)27(14-8-9-22-10-14)20(28)26(17)13-6-7-16(23-11-13)29-15-4-2-1-3-5-15;1-15(2,3)23-14(22)19-5-4-9(7-19)20-11(21)6-10-12(16)17-8-18-13(10)20/h4-10,13,15,17H,11-12,14H2,1-3H3,(H2,26,28,29);3-5,7-10,13,15,17H,11-12,14H2,1H3,(H2,25,27,28);1-7,11-12,14,22H,8-10H2,(H2,21,24,25);8-9H,4-7H2,1-3H3,(H2,16,17,18)/t2*17-;14-;9-/m1111/s1. The maximum absolute atomic E-state index is 13.7. The van der Waals surface area contributed by atoms with E-state index < -0.39 is 17.3 Å². The van der Waals surface area contributed by atoms with Gasteiger partial charge in [0.25, 0.3) is 5.91 Å². The topological polar surface area (TPSA) is 466 Å². The fourth-order valence-corrected chi connectivity index (χ4v) is 15.0. The number of nitrogen functional groups attached to an aromatic ring is 4. The Hall–Kier alpha value is -15.2. The molecule has 10 aromatic heterocycles. The number of benzene rings is 3. The van der Waals surface area contributed by atoms with Gasteiger partial charge in [0.2, 0.25) is 23.5 Å². The van der Waals surface area contributed by atoms with Crippen molar-refractivity contribution in [3.63, 3.8) is 0 Å². The average molecular weight is 1650 g/mol. The number of fused-ring (bicyclic) bond motifs is 4. The van der Waals surface area contributed by atoms with E-state index in [2.05, 4.69) is 72.0 Å². The number of nitrogens with zero attached hydrogens (tertiary/aromatic N) is 21. The molecule has 0 aliphatic carbocycles. The van der Waals surface area contributed by atoms with Crippen molar-refractivity contribution in [2.24, 2.45) is 0 Å². The van der Waals surface area contributed by atoms with E-state index in [1.807, 2.05) is 133 Å². The lowest BCUT2D eigenvalue weighted by molar-refractivity contribution is -0.124. The van der Waals surface area contributed by atoms with Crippen LogP contribution in [-0.4, -0.2) is 191 Å². The highest BCUT2D eigenvalue weighted by atomic mass is 16.6. The second-order valence-corrected chi connectivity index (χ2v) is 31.0. The third-order valence-corrected chi connectivity index (χ3v) is 20.5. The summed E-state index contributed by atoms with van der Waals surface area (Å²) in [6.07, 6.45) is 12.2. The summed E-state index contributed by atoms with van der Waals surface area (Å²) >= 11 is 0. The van der Waals surface area contributed by atoms with Gasteiger partial charge in [0.15, 0.2) is 34.4 Å². The number of likely N-dealkylation sites (tertiary alicyclic amines) is 3. The number of carbonyl (C=O) groups excluding carboxylic acids is 4. The quantitative estimate of drug-likeness (QED) is 0.0675. The van der Waals surface area contributed by atoms with Gasteiger partial charge in [-0.15, -0.1) is 0 Å². The maximum atomic E-state index is 13.7. The molecule has 9 N–H and O–H groups in total. The van der Waals surface area contributed by atoms with E-state index in [1.165, 1.54) is 51.4 Å². The Morgan fingerprint density at radius 2 is 0.803 bits per heavy atom. The van der Waals surface area contributed by atoms with E-state index in [1.54, 1.807) is 82.8 Å². The summed E-state index contributed by atoms with van der Waals surface area (Å²) in [5.41, 5.74) is 27.1. The largest absolute Gasteiger partial charge is 0.444 e. The maximum Gasteiger partial charge on any atom is 0.410 e. The van der Waals surface area contributed by atoms with Crippen LogP contribution in [-0.2, 0) is 25.5 Å². The minimum Gasteiger partial charge on any atom is -0.444 e. The lowest BCUT2D eigenvalue weighted by Crippen LogP contribution is -2.42. The van der Waals surface area contributed by atoms with Crippen LogP contribution >= 0.6 is 0 Å². The molecule has 5 aliphatic rings. The Bertz CT molecular complexity index is 6290. The third-order valence-electron chi connectivity index (χ3n) is 20.5. The number of anilines is 5. The first kappa shape index (κ1) is 82.0. The number of aromatic nitrogens is 17. The fourth-order valence-electron chi connectivity index (χ4n) is 15.0. The Labute approximate surface area is 696 Å². The molecule has 13 aromatic rings.